The lowest BCUT2D eigenvalue weighted by Crippen LogP contribution is -2.27. The predicted molar refractivity (Wildman–Crippen MR) is 86.3 cm³/mol. The summed E-state index contributed by atoms with van der Waals surface area (Å²) < 4.78 is 0.962. The first-order valence-electron chi connectivity index (χ1n) is 6.46. The quantitative estimate of drug-likeness (QED) is 0.508. The molecule has 4 nitrogen and oxygen atoms in total. The van der Waals surface area contributed by atoms with Gasteiger partial charge in [-0.25, -0.2) is 0 Å². The van der Waals surface area contributed by atoms with E-state index in [2.05, 4.69) is 25.9 Å². The number of aromatic nitrogens is 1. The lowest BCUT2D eigenvalue weighted by atomic mass is 9.79. The van der Waals surface area contributed by atoms with Gasteiger partial charge in [0.15, 0.2) is 6.29 Å². The summed E-state index contributed by atoms with van der Waals surface area (Å²) in [5.74, 6) is 0. The monoisotopic (exact) mass is 344 g/mol. The van der Waals surface area contributed by atoms with Crippen LogP contribution in [0.2, 0.25) is 0 Å². The number of allylic oxidation sites excluding steroid dienone is 1. The van der Waals surface area contributed by atoms with Crippen molar-refractivity contribution in [3.05, 3.63) is 46.4 Å². The molecule has 0 atom stereocenters. The van der Waals surface area contributed by atoms with Crippen molar-refractivity contribution in [1.29, 1.82) is 0 Å². The number of aliphatic hydroxyl groups is 1. The van der Waals surface area contributed by atoms with E-state index >= 15 is 0 Å². The summed E-state index contributed by atoms with van der Waals surface area (Å²) >= 11 is 3.58. The fourth-order valence-corrected chi connectivity index (χ4v) is 3.33. The molecule has 0 spiro atoms. The normalized spacial score (nSPS) is 16.7. The van der Waals surface area contributed by atoms with E-state index < -0.39 is 5.41 Å². The molecule has 1 aromatic carbocycles. The molecule has 0 unspecified atom stereocenters. The molecule has 1 aliphatic rings. The van der Waals surface area contributed by atoms with Crippen LogP contribution < -0.4 is 0 Å². The van der Waals surface area contributed by atoms with Crippen LogP contribution >= 0.6 is 15.9 Å². The Morgan fingerprint density at radius 3 is 2.81 bits per heavy atom. The molecule has 0 bridgehead atoms. The Balaban J connectivity index is 2.37. The third-order valence-electron chi connectivity index (χ3n) is 3.89. The number of pyridine rings is 1. The second-order valence-corrected chi connectivity index (χ2v) is 6.32. The zero-order chi connectivity index (χ0) is 15.2. The van der Waals surface area contributed by atoms with Gasteiger partial charge >= 0.3 is 0 Å². The molecule has 0 saturated carbocycles. The highest BCUT2D eigenvalue weighted by molar-refractivity contribution is 9.10. The Hall–Kier alpha value is -2.01. The molecule has 3 rings (SSSR count). The summed E-state index contributed by atoms with van der Waals surface area (Å²) in [6.07, 6.45) is 4.94. The molecular formula is C16H13BrN2O2. The van der Waals surface area contributed by atoms with Crippen LogP contribution in [-0.4, -0.2) is 22.1 Å². The molecule has 0 radical (unpaired) electrons. The summed E-state index contributed by atoms with van der Waals surface area (Å²) in [5.41, 5.74) is 2.12. The molecule has 0 fully saturated rings. The van der Waals surface area contributed by atoms with Crippen molar-refractivity contribution in [2.45, 2.75) is 19.3 Å². The van der Waals surface area contributed by atoms with Crippen LogP contribution in [-0.2, 0) is 10.2 Å². The lowest BCUT2D eigenvalue weighted by molar-refractivity contribution is -0.104. The number of rotatable bonds is 2. The fourth-order valence-electron chi connectivity index (χ4n) is 2.76. The van der Waals surface area contributed by atoms with Gasteiger partial charge in [-0.05, 0) is 17.7 Å². The Morgan fingerprint density at radius 1 is 1.38 bits per heavy atom. The van der Waals surface area contributed by atoms with E-state index in [1.54, 1.807) is 12.4 Å². The number of aliphatic imine (C=N–C) groups is 1. The molecule has 0 aliphatic carbocycles. The van der Waals surface area contributed by atoms with Gasteiger partial charge in [-0.1, -0.05) is 29.8 Å². The zero-order valence-electron chi connectivity index (χ0n) is 11.6. The van der Waals surface area contributed by atoms with Gasteiger partial charge in [0.1, 0.15) is 0 Å². The molecule has 106 valence electrons. The third kappa shape index (κ3) is 1.92. The molecule has 5 heteroatoms. The Morgan fingerprint density at radius 2 is 2.14 bits per heavy atom. The molecule has 1 aliphatic heterocycles. The van der Waals surface area contributed by atoms with E-state index in [1.807, 2.05) is 26.0 Å². The first-order valence-corrected chi connectivity index (χ1v) is 7.25. The van der Waals surface area contributed by atoms with Crippen LogP contribution in [0.4, 0.5) is 5.69 Å². The van der Waals surface area contributed by atoms with Crippen LogP contribution in [0, 0.1) is 0 Å². The second kappa shape index (κ2) is 4.77. The van der Waals surface area contributed by atoms with Gasteiger partial charge in [-0.2, -0.15) is 0 Å². The second-order valence-electron chi connectivity index (χ2n) is 5.46. The number of fused-ring (bicyclic) bond motifs is 3. The van der Waals surface area contributed by atoms with E-state index in [0.29, 0.717) is 12.0 Å². The van der Waals surface area contributed by atoms with Crippen LogP contribution in [0.15, 0.2) is 45.8 Å². The number of aldehydes is 1. The molecular weight excluding hydrogens is 332 g/mol. The van der Waals surface area contributed by atoms with Gasteiger partial charge in [-0.15, -0.1) is 0 Å². The van der Waals surface area contributed by atoms with Crippen molar-refractivity contribution in [1.82, 2.24) is 4.98 Å². The standard InChI is InChI=1S/C16H13BrN2O2/c1-16(2)12-5-13(17)10-3-4-18-6-11(10)14(12)19-15(16)9(7-20)8-21/h3-8,20H,1-2H3/b9-7+. The van der Waals surface area contributed by atoms with E-state index in [0.717, 1.165) is 32.8 Å². The number of hydrogen-bond donors (Lipinski definition) is 1. The molecule has 0 amide bonds. The largest absolute Gasteiger partial charge is 0.515 e. The number of aliphatic hydroxyl groups excluding tert-OH is 1. The number of carbonyl (C=O) groups excluding carboxylic acids is 1. The maximum Gasteiger partial charge on any atom is 0.155 e. The molecule has 1 N–H and O–H groups in total. The third-order valence-corrected chi connectivity index (χ3v) is 4.54. The van der Waals surface area contributed by atoms with Crippen molar-refractivity contribution in [3.8, 4) is 0 Å². The first-order chi connectivity index (χ1) is 10.0. The lowest BCUT2D eigenvalue weighted by Gasteiger charge is -2.22. The van der Waals surface area contributed by atoms with Crippen LogP contribution in [0.5, 0.6) is 0 Å². The minimum Gasteiger partial charge on any atom is -0.515 e. The van der Waals surface area contributed by atoms with E-state index in [-0.39, 0.29) is 5.57 Å². The van der Waals surface area contributed by atoms with Gasteiger partial charge in [0, 0.05) is 33.1 Å². The maximum atomic E-state index is 11.2. The van der Waals surface area contributed by atoms with Crippen molar-refractivity contribution < 1.29 is 9.90 Å². The zero-order valence-corrected chi connectivity index (χ0v) is 13.2. The summed E-state index contributed by atoms with van der Waals surface area (Å²) in [6, 6.07) is 3.94. The van der Waals surface area contributed by atoms with Crippen molar-refractivity contribution >= 4 is 44.4 Å². The molecule has 0 saturated heterocycles. The van der Waals surface area contributed by atoms with Gasteiger partial charge < -0.3 is 5.11 Å². The molecule has 1 aromatic heterocycles. The highest BCUT2D eigenvalue weighted by atomic mass is 79.9. The van der Waals surface area contributed by atoms with E-state index in [1.165, 1.54) is 0 Å². The fraction of sp³-hybridized carbons (Fsp3) is 0.188. The number of hydrogen-bond acceptors (Lipinski definition) is 4. The van der Waals surface area contributed by atoms with Crippen LogP contribution in [0.25, 0.3) is 10.8 Å². The van der Waals surface area contributed by atoms with Gasteiger partial charge in [-0.3, -0.25) is 14.8 Å². The van der Waals surface area contributed by atoms with Crippen LogP contribution in [0.1, 0.15) is 19.4 Å². The Kier molecular flexibility index (Phi) is 3.17. The van der Waals surface area contributed by atoms with E-state index in [4.69, 9.17) is 0 Å². The summed E-state index contributed by atoms with van der Waals surface area (Å²) in [4.78, 5) is 19.9. The average molecular weight is 345 g/mol. The maximum absolute atomic E-state index is 11.2. The van der Waals surface area contributed by atoms with Gasteiger partial charge in [0.2, 0.25) is 0 Å². The predicted octanol–water partition coefficient (Wildman–Crippen LogP) is 4.00. The van der Waals surface area contributed by atoms with Gasteiger partial charge in [0.05, 0.1) is 23.2 Å². The number of halogens is 1. The summed E-state index contributed by atoms with van der Waals surface area (Å²) in [7, 11) is 0. The Bertz CT molecular complexity index is 822. The number of nitrogens with zero attached hydrogens (tertiary/aromatic N) is 2. The highest BCUT2D eigenvalue weighted by Crippen LogP contribution is 2.47. The van der Waals surface area contributed by atoms with Crippen molar-refractivity contribution in [2.24, 2.45) is 4.99 Å². The molecule has 21 heavy (non-hydrogen) atoms. The van der Waals surface area contributed by atoms with Gasteiger partial charge in [0.25, 0.3) is 0 Å². The summed E-state index contributed by atoms with van der Waals surface area (Å²) in [6.45, 7) is 3.97. The number of benzene rings is 1. The number of carbonyl (C=O) groups is 1. The SMILES string of the molecule is CC1(C)C(/C(C=O)=C/O)=Nc2c1cc(Br)c1ccncc21. The molecule has 2 heterocycles. The van der Waals surface area contributed by atoms with Crippen molar-refractivity contribution in [2.75, 3.05) is 0 Å². The average Bonchev–Trinajstić information content (AvgIpc) is 2.74. The highest BCUT2D eigenvalue weighted by Gasteiger charge is 2.38. The molecule has 2 aromatic rings. The van der Waals surface area contributed by atoms with Crippen molar-refractivity contribution in [3.63, 3.8) is 0 Å². The smallest absolute Gasteiger partial charge is 0.155 e. The minimum atomic E-state index is -0.461. The minimum absolute atomic E-state index is 0.198. The van der Waals surface area contributed by atoms with E-state index in [9.17, 15) is 9.90 Å². The summed E-state index contributed by atoms with van der Waals surface area (Å²) in [5, 5.41) is 11.2. The first kappa shape index (κ1) is 13.9. The van der Waals surface area contributed by atoms with Crippen LogP contribution in [0.3, 0.4) is 0 Å². The topological polar surface area (TPSA) is 62.5 Å². The Labute approximate surface area is 130 Å².